The minimum absolute atomic E-state index is 0.550. The molecular weight excluding hydrogens is 204 g/mol. The van der Waals surface area contributed by atoms with Crippen molar-refractivity contribution in [1.82, 2.24) is 0 Å². The SMILES string of the molecule is CCC#CCC(C)c1ccc(CCCC)cc1. The molecule has 0 heteroatoms. The van der Waals surface area contributed by atoms with E-state index >= 15 is 0 Å². The van der Waals surface area contributed by atoms with Gasteiger partial charge in [0.25, 0.3) is 0 Å². The van der Waals surface area contributed by atoms with Crippen molar-refractivity contribution in [2.24, 2.45) is 0 Å². The molecule has 0 aliphatic rings. The molecule has 92 valence electrons. The Morgan fingerprint density at radius 1 is 1.06 bits per heavy atom. The van der Waals surface area contributed by atoms with Gasteiger partial charge < -0.3 is 0 Å². The Bertz CT molecular complexity index is 361. The average Bonchev–Trinajstić information content (AvgIpc) is 2.37. The second-order valence-electron chi connectivity index (χ2n) is 4.66. The van der Waals surface area contributed by atoms with Crippen LogP contribution in [0.25, 0.3) is 0 Å². The van der Waals surface area contributed by atoms with Crippen molar-refractivity contribution < 1.29 is 0 Å². The molecule has 0 N–H and O–H groups in total. The molecule has 1 aromatic rings. The standard InChI is InChI=1S/C17H24/c1-4-6-8-9-15(3)17-13-11-16(12-14-17)10-7-5-2/h11-15H,4-5,7,9-10H2,1-3H3. The summed E-state index contributed by atoms with van der Waals surface area (Å²) in [5.74, 6) is 6.92. The highest BCUT2D eigenvalue weighted by Gasteiger charge is 2.03. The van der Waals surface area contributed by atoms with Gasteiger partial charge in [-0.05, 0) is 29.9 Å². The van der Waals surface area contributed by atoms with Crippen molar-refractivity contribution in [3.63, 3.8) is 0 Å². The molecule has 0 spiro atoms. The number of hydrogen-bond donors (Lipinski definition) is 0. The Morgan fingerprint density at radius 3 is 2.35 bits per heavy atom. The molecule has 1 unspecified atom stereocenters. The summed E-state index contributed by atoms with van der Waals surface area (Å²) >= 11 is 0. The van der Waals surface area contributed by atoms with E-state index in [-0.39, 0.29) is 0 Å². The summed E-state index contributed by atoms with van der Waals surface area (Å²) in [4.78, 5) is 0. The number of unbranched alkanes of at least 4 members (excludes halogenated alkanes) is 1. The van der Waals surface area contributed by atoms with Crippen molar-refractivity contribution in [2.75, 3.05) is 0 Å². The fraction of sp³-hybridized carbons (Fsp3) is 0.529. The smallest absolute Gasteiger partial charge is 0.0155 e. The van der Waals surface area contributed by atoms with Crippen LogP contribution in [-0.2, 0) is 6.42 Å². The van der Waals surface area contributed by atoms with Crippen molar-refractivity contribution in [2.45, 2.75) is 58.8 Å². The van der Waals surface area contributed by atoms with Gasteiger partial charge in [-0.2, -0.15) is 0 Å². The van der Waals surface area contributed by atoms with Crippen molar-refractivity contribution >= 4 is 0 Å². The first kappa shape index (κ1) is 13.8. The Morgan fingerprint density at radius 2 is 1.76 bits per heavy atom. The van der Waals surface area contributed by atoms with Crippen LogP contribution in [0, 0.1) is 11.8 Å². The zero-order valence-electron chi connectivity index (χ0n) is 11.4. The second-order valence-corrected chi connectivity index (χ2v) is 4.66. The fourth-order valence-corrected chi connectivity index (χ4v) is 1.86. The largest absolute Gasteiger partial charge is 0.104 e. The third-order valence-corrected chi connectivity index (χ3v) is 3.08. The van der Waals surface area contributed by atoms with Crippen molar-refractivity contribution in [1.29, 1.82) is 0 Å². The monoisotopic (exact) mass is 228 g/mol. The van der Waals surface area contributed by atoms with Gasteiger partial charge in [-0.3, -0.25) is 0 Å². The number of hydrogen-bond acceptors (Lipinski definition) is 0. The highest BCUT2D eigenvalue weighted by molar-refractivity contribution is 5.26. The molecule has 0 radical (unpaired) electrons. The molecule has 0 aliphatic heterocycles. The topological polar surface area (TPSA) is 0 Å². The van der Waals surface area contributed by atoms with E-state index in [9.17, 15) is 0 Å². The summed E-state index contributed by atoms with van der Waals surface area (Å²) in [6.45, 7) is 6.59. The molecule has 1 atom stereocenters. The lowest BCUT2D eigenvalue weighted by atomic mass is 9.96. The van der Waals surface area contributed by atoms with Crippen LogP contribution in [0.4, 0.5) is 0 Å². The van der Waals surface area contributed by atoms with Crippen LogP contribution in [0.15, 0.2) is 24.3 Å². The summed E-state index contributed by atoms with van der Waals surface area (Å²) in [6.07, 6.45) is 5.70. The van der Waals surface area contributed by atoms with E-state index in [0.29, 0.717) is 5.92 Å². The zero-order valence-corrected chi connectivity index (χ0v) is 11.4. The van der Waals surface area contributed by atoms with E-state index < -0.39 is 0 Å². The van der Waals surface area contributed by atoms with Crippen molar-refractivity contribution in [3.8, 4) is 11.8 Å². The van der Waals surface area contributed by atoms with E-state index in [4.69, 9.17) is 0 Å². The first-order valence-electron chi connectivity index (χ1n) is 6.82. The van der Waals surface area contributed by atoms with Gasteiger partial charge in [-0.25, -0.2) is 0 Å². The normalized spacial score (nSPS) is 11.7. The molecule has 0 aromatic heterocycles. The molecule has 0 heterocycles. The summed E-state index contributed by atoms with van der Waals surface area (Å²) in [6, 6.07) is 9.08. The van der Waals surface area contributed by atoms with E-state index in [1.807, 2.05) is 0 Å². The molecule has 0 bridgehead atoms. The first-order chi connectivity index (χ1) is 8.27. The van der Waals surface area contributed by atoms with Gasteiger partial charge in [-0.15, -0.1) is 11.8 Å². The quantitative estimate of drug-likeness (QED) is 0.626. The molecule has 17 heavy (non-hydrogen) atoms. The lowest BCUT2D eigenvalue weighted by Gasteiger charge is -2.09. The van der Waals surface area contributed by atoms with Crippen molar-refractivity contribution in [3.05, 3.63) is 35.4 Å². The molecular formula is C17H24. The van der Waals surface area contributed by atoms with Gasteiger partial charge in [0.05, 0.1) is 0 Å². The van der Waals surface area contributed by atoms with Crippen LogP contribution in [-0.4, -0.2) is 0 Å². The Balaban J connectivity index is 2.54. The first-order valence-corrected chi connectivity index (χ1v) is 6.82. The molecule has 0 fully saturated rings. The average molecular weight is 228 g/mol. The van der Waals surface area contributed by atoms with Crippen LogP contribution in [0.2, 0.25) is 0 Å². The number of aryl methyl sites for hydroxylation is 1. The molecule has 0 saturated heterocycles. The van der Waals surface area contributed by atoms with Gasteiger partial charge in [0.15, 0.2) is 0 Å². The molecule has 0 nitrogen and oxygen atoms in total. The molecule has 0 saturated carbocycles. The zero-order chi connectivity index (χ0) is 12.5. The van der Waals surface area contributed by atoms with Crippen LogP contribution in [0.5, 0.6) is 0 Å². The van der Waals surface area contributed by atoms with Gasteiger partial charge in [-0.1, -0.05) is 51.5 Å². The van der Waals surface area contributed by atoms with Crippen LogP contribution >= 0.6 is 0 Å². The minimum atomic E-state index is 0.550. The minimum Gasteiger partial charge on any atom is -0.104 e. The van der Waals surface area contributed by atoms with E-state index in [1.54, 1.807) is 0 Å². The summed E-state index contributed by atoms with van der Waals surface area (Å²) in [5.41, 5.74) is 2.87. The Hall–Kier alpha value is -1.22. The fourth-order valence-electron chi connectivity index (χ4n) is 1.86. The molecule has 0 aliphatic carbocycles. The molecule has 1 aromatic carbocycles. The summed E-state index contributed by atoms with van der Waals surface area (Å²) < 4.78 is 0. The second kappa shape index (κ2) is 7.96. The van der Waals surface area contributed by atoms with E-state index in [1.165, 1.54) is 30.4 Å². The maximum absolute atomic E-state index is 3.23. The third kappa shape index (κ3) is 5.09. The number of rotatable bonds is 5. The summed E-state index contributed by atoms with van der Waals surface area (Å²) in [7, 11) is 0. The highest BCUT2D eigenvalue weighted by atomic mass is 14.1. The lowest BCUT2D eigenvalue weighted by Crippen LogP contribution is -1.93. The highest BCUT2D eigenvalue weighted by Crippen LogP contribution is 2.19. The van der Waals surface area contributed by atoms with Crippen LogP contribution in [0.3, 0.4) is 0 Å². The predicted molar refractivity (Wildman–Crippen MR) is 76.2 cm³/mol. The Labute approximate surface area is 106 Å². The van der Waals surface area contributed by atoms with Crippen LogP contribution < -0.4 is 0 Å². The number of benzene rings is 1. The maximum atomic E-state index is 3.23. The molecule has 0 amide bonds. The van der Waals surface area contributed by atoms with E-state index in [2.05, 4.69) is 56.9 Å². The lowest BCUT2D eigenvalue weighted by molar-refractivity contribution is 0.782. The summed E-state index contributed by atoms with van der Waals surface area (Å²) in [5, 5.41) is 0. The van der Waals surface area contributed by atoms with E-state index in [0.717, 1.165) is 12.8 Å². The van der Waals surface area contributed by atoms with Gasteiger partial charge in [0.2, 0.25) is 0 Å². The Kier molecular flexibility index (Phi) is 6.48. The van der Waals surface area contributed by atoms with Crippen LogP contribution in [0.1, 0.15) is 63.5 Å². The van der Waals surface area contributed by atoms with Gasteiger partial charge in [0, 0.05) is 12.8 Å². The maximum Gasteiger partial charge on any atom is 0.0155 e. The molecule has 1 rings (SSSR count). The third-order valence-electron chi connectivity index (χ3n) is 3.08. The van der Waals surface area contributed by atoms with Gasteiger partial charge in [0.1, 0.15) is 0 Å². The predicted octanol–water partition coefficient (Wildman–Crippen LogP) is 4.94. The van der Waals surface area contributed by atoms with Gasteiger partial charge >= 0.3 is 0 Å².